The van der Waals surface area contributed by atoms with Crippen molar-refractivity contribution in [3.63, 3.8) is 0 Å². The van der Waals surface area contributed by atoms with E-state index < -0.39 is 6.10 Å². The van der Waals surface area contributed by atoms with Crippen LogP contribution in [0.25, 0.3) is 0 Å². The van der Waals surface area contributed by atoms with Crippen LogP contribution in [0.3, 0.4) is 0 Å². The van der Waals surface area contributed by atoms with Crippen LogP contribution in [0.2, 0.25) is 0 Å². The highest BCUT2D eigenvalue weighted by molar-refractivity contribution is 5.81. The van der Waals surface area contributed by atoms with Gasteiger partial charge >= 0.3 is 0 Å². The number of aliphatic hydroxyl groups is 1. The van der Waals surface area contributed by atoms with Crippen molar-refractivity contribution >= 4 is 5.91 Å². The minimum absolute atomic E-state index is 0.0380. The molecule has 0 aromatic heterocycles. The lowest BCUT2D eigenvalue weighted by molar-refractivity contribution is -0.122. The molecule has 0 aromatic carbocycles. The monoisotopic (exact) mass is 300 g/mol. The largest absolute Gasteiger partial charge is 0.389 e. The number of carbonyl (C=O) groups excluding carboxylic acids is 1. The smallest absolute Gasteiger partial charge is 0.236 e. The van der Waals surface area contributed by atoms with Crippen LogP contribution in [-0.4, -0.2) is 49.0 Å². The molecule has 1 fully saturated rings. The predicted octanol–water partition coefficient (Wildman–Crippen LogP) is 1.45. The van der Waals surface area contributed by atoms with Gasteiger partial charge in [-0.25, -0.2) is 0 Å². The van der Waals surface area contributed by atoms with Crippen molar-refractivity contribution in [1.82, 2.24) is 10.6 Å². The summed E-state index contributed by atoms with van der Waals surface area (Å²) in [5.74, 6) is 0.595. The molecule has 1 aliphatic carbocycles. The van der Waals surface area contributed by atoms with Gasteiger partial charge in [-0.3, -0.25) is 4.79 Å². The lowest BCUT2D eigenvalue weighted by Crippen LogP contribution is -2.45. The highest BCUT2D eigenvalue weighted by atomic mass is 16.5. The molecule has 5 heteroatoms. The van der Waals surface area contributed by atoms with Crippen LogP contribution in [0.15, 0.2) is 0 Å². The van der Waals surface area contributed by atoms with E-state index in [2.05, 4.69) is 17.6 Å². The van der Waals surface area contributed by atoms with E-state index in [1.54, 1.807) is 6.92 Å². The molecule has 4 atom stereocenters. The van der Waals surface area contributed by atoms with E-state index in [1.807, 2.05) is 6.92 Å². The number of ether oxygens (including phenoxy) is 1. The van der Waals surface area contributed by atoms with Gasteiger partial charge in [0.05, 0.1) is 24.9 Å². The van der Waals surface area contributed by atoms with Crippen molar-refractivity contribution in [2.24, 2.45) is 5.92 Å². The second-order valence-corrected chi connectivity index (χ2v) is 6.00. The first-order chi connectivity index (χ1) is 10.1. The fourth-order valence-corrected chi connectivity index (χ4v) is 2.89. The first-order valence-electron chi connectivity index (χ1n) is 8.39. The third-order valence-corrected chi connectivity index (χ3v) is 4.27. The van der Waals surface area contributed by atoms with Crippen LogP contribution < -0.4 is 10.6 Å². The van der Waals surface area contributed by atoms with Crippen molar-refractivity contribution in [2.45, 2.75) is 71.1 Å². The summed E-state index contributed by atoms with van der Waals surface area (Å²) in [5, 5.41) is 15.8. The Morgan fingerprint density at radius 2 is 2.05 bits per heavy atom. The lowest BCUT2D eigenvalue weighted by Gasteiger charge is -2.31. The molecule has 1 amide bonds. The van der Waals surface area contributed by atoms with Crippen molar-refractivity contribution in [1.29, 1.82) is 0 Å². The maximum atomic E-state index is 11.6. The minimum atomic E-state index is -0.568. The maximum Gasteiger partial charge on any atom is 0.236 e. The molecule has 21 heavy (non-hydrogen) atoms. The van der Waals surface area contributed by atoms with Crippen molar-refractivity contribution in [3.8, 4) is 0 Å². The Kier molecular flexibility index (Phi) is 8.88. The molecule has 0 heterocycles. The van der Waals surface area contributed by atoms with Gasteiger partial charge in [0, 0.05) is 13.1 Å². The average molecular weight is 300 g/mol. The predicted molar refractivity (Wildman–Crippen MR) is 84.1 cm³/mol. The topological polar surface area (TPSA) is 70.6 Å². The Morgan fingerprint density at radius 3 is 2.71 bits per heavy atom. The SMILES string of the molecule is CCNC(=O)C(C)NCC(O)COC1CCCCC1CC. The first-order valence-corrected chi connectivity index (χ1v) is 8.39. The van der Waals surface area contributed by atoms with Gasteiger partial charge < -0.3 is 20.5 Å². The quantitative estimate of drug-likeness (QED) is 0.603. The second kappa shape index (κ2) is 10.1. The number of amides is 1. The molecule has 0 aromatic rings. The number of hydrogen-bond donors (Lipinski definition) is 3. The molecule has 0 bridgehead atoms. The number of likely N-dealkylation sites (N-methyl/N-ethyl adjacent to an activating group) is 1. The number of carbonyl (C=O) groups is 1. The minimum Gasteiger partial charge on any atom is -0.389 e. The third-order valence-electron chi connectivity index (χ3n) is 4.27. The van der Waals surface area contributed by atoms with Gasteiger partial charge in [-0.15, -0.1) is 0 Å². The normalized spacial score (nSPS) is 25.3. The van der Waals surface area contributed by atoms with Gasteiger partial charge in [-0.1, -0.05) is 26.2 Å². The fraction of sp³-hybridized carbons (Fsp3) is 0.938. The van der Waals surface area contributed by atoms with Crippen molar-refractivity contribution < 1.29 is 14.6 Å². The van der Waals surface area contributed by atoms with E-state index in [1.165, 1.54) is 19.3 Å². The molecule has 0 spiro atoms. The molecule has 4 unspecified atom stereocenters. The molecule has 1 rings (SSSR count). The average Bonchev–Trinajstić information content (AvgIpc) is 2.50. The highest BCUT2D eigenvalue weighted by Crippen LogP contribution is 2.29. The zero-order chi connectivity index (χ0) is 15.7. The molecule has 0 radical (unpaired) electrons. The van der Waals surface area contributed by atoms with Crippen LogP contribution in [0.5, 0.6) is 0 Å². The summed E-state index contributed by atoms with van der Waals surface area (Å²) in [5.41, 5.74) is 0. The summed E-state index contributed by atoms with van der Waals surface area (Å²) in [6.07, 6.45) is 5.74. The lowest BCUT2D eigenvalue weighted by atomic mass is 9.85. The van der Waals surface area contributed by atoms with E-state index in [-0.39, 0.29) is 11.9 Å². The number of rotatable bonds is 9. The van der Waals surface area contributed by atoms with Crippen LogP contribution in [0.4, 0.5) is 0 Å². The second-order valence-electron chi connectivity index (χ2n) is 6.00. The molecule has 1 saturated carbocycles. The van der Waals surface area contributed by atoms with Gasteiger partial charge in [0.25, 0.3) is 0 Å². The summed E-state index contributed by atoms with van der Waals surface area (Å²) in [4.78, 5) is 11.6. The molecule has 0 saturated heterocycles. The van der Waals surface area contributed by atoms with E-state index in [4.69, 9.17) is 4.74 Å². The highest BCUT2D eigenvalue weighted by Gasteiger charge is 2.25. The number of hydrogen-bond acceptors (Lipinski definition) is 4. The molecule has 3 N–H and O–H groups in total. The van der Waals surface area contributed by atoms with Gasteiger partial charge in [-0.05, 0) is 32.6 Å². The molecule has 5 nitrogen and oxygen atoms in total. The van der Waals surface area contributed by atoms with E-state index in [0.717, 1.165) is 12.8 Å². The number of nitrogens with one attached hydrogen (secondary N) is 2. The van der Waals surface area contributed by atoms with Gasteiger partial charge in [0.1, 0.15) is 0 Å². The zero-order valence-electron chi connectivity index (χ0n) is 13.7. The van der Waals surface area contributed by atoms with Crippen molar-refractivity contribution in [2.75, 3.05) is 19.7 Å². The Bertz CT molecular complexity index is 299. The fourth-order valence-electron chi connectivity index (χ4n) is 2.89. The molecule has 0 aliphatic heterocycles. The molecule has 124 valence electrons. The summed E-state index contributed by atoms with van der Waals surface area (Å²) in [6.45, 7) is 7.24. The van der Waals surface area contributed by atoms with Crippen LogP contribution in [0.1, 0.15) is 52.9 Å². The summed E-state index contributed by atoms with van der Waals surface area (Å²) in [7, 11) is 0. The van der Waals surface area contributed by atoms with E-state index in [0.29, 0.717) is 31.7 Å². The standard InChI is InChI=1S/C16H32N2O3/c1-4-13-8-6-7-9-15(13)21-11-14(19)10-18-12(3)16(20)17-5-2/h12-15,18-19H,4-11H2,1-3H3,(H,17,20). The summed E-state index contributed by atoms with van der Waals surface area (Å²) >= 11 is 0. The zero-order valence-corrected chi connectivity index (χ0v) is 13.7. The Labute approximate surface area is 128 Å². The van der Waals surface area contributed by atoms with E-state index in [9.17, 15) is 9.90 Å². The number of aliphatic hydroxyl groups excluding tert-OH is 1. The molecular weight excluding hydrogens is 268 g/mol. The summed E-state index contributed by atoms with van der Waals surface area (Å²) in [6, 6.07) is -0.294. The van der Waals surface area contributed by atoms with Crippen LogP contribution in [-0.2, 0) is 9.53 Å². The van der Waals surface area contributed by atoms with Gasteiger partial charge in [0.15, 0.2) is 0 Å². The maximum absolute atomic E-state index is 11.6. The van der Waals surface area contributed by atoms with Gasteiger partial charge in [0.2, 0.25) is 5.91 Å². The van der Waals surface area contributed by atoms with Crippen LogP contribution in [0, 0.1) is 5.92 Å². The molecular formula is C16H32N2O3. The Hall–Kier alpha value is -0.650. The first kappa shape index (κ1) is 18.4. The Balaban J connectivity index is 2.21. The Morgan fingerprint density at radius 1 is 1.33 bits per heavy atom. The molecule has 1 aliphatic rings. The van der Waals surface area contributed by atoms with Crippen LogP contribution >= 0.6 is 0 Å². The van der Waals surface area contributed by atoms with E-state index >= 15 is 0 Å². The summed E-state index contributed by atoms with van der Waals surface area (Å²) < 4.78 is 5.90. The third kappa shape index (κ3) is 6.76. The van der Waals surface area contributed by atoms with Gasteiger partial charge in [-0.2, -0.15) is 0 Å². The van der Waals surface area contributed by atoms with Crippen molar-refractivity contribution in [3.05, 3.63) is 0 Å².